The number of hydrogen-bond acceptors (Lipinski definition) is 3. The van der Waals surface area contributed by atoms with Crippen LogP contribution in [0.1, 0.15) is 19.3 Å². The minimum atomic E-state index is -3.59. The van der Waals surface area contributed by atoms with Gasteiger partial charge >= 0.3 is 0 Å². The highest BCUT2D eigenvalue weighted by Gasteiger charge is 2.42. The van der Waals surface area contributed by atoms with Gasteiger partial charge in [-0.15, -0.1) is 0 Å². The number of nitrogens with one attached hydrogen (secondary N) is 1. The molecule has 1 fully saturated rings. The van der Waals surface area contributed by atoms with Crippen LogP contribution in [0.2, 0.25) is 0 Å². The molecule has 0 aromatic heterocycles. The van der Waals surface area contributed by atoms with E-state index in [1.165, 1.54) is 12.1 Å². The molecule has 0 spiro atoms. The maximum atomic E-state index is 12.7. The Labute approximate surface area is 106 Å². The first-order valence-corrected chi connectivity index (χ1v) is 7.32. The van der Waals surface area contributed by atoms with Crippen molar-refractivity contribution in [3.8, 4) is 0 Å². The van der Waals surface area contributed by atoms with Crippen LogP contribution in [0.4, 0.5) is 4.39 Å². The summed E-state index contributed by atoms with van der Waals surface area (Å²) in [6, 6.07) is 4.72. The number of aliphatic hydroxyl groups excluding tert-OH is 1. The SMILES string of the molecule is O=S(=O)(NCC1(CCO)CC1)c1ccc(F)cc1. The Bertz CT molecular complexity index is 509. The average molecular weight is 273 g/mol. The summed E-state index contributed by atoms with van der Waals surface area (Å²) in [5.74, 6) is -0.465. The molecule has 2 N–H and O–H groups in total. The molecule has 0 saturated heterocycles. The minimum Gasteiger partial charge on any atom is -0.396 e. The molecule has 1 saturated carbocycles. The first kappa shape index (κ1) is 13.5. The Morgan fingerprint density at radius 2 is 1.89 bits per heavy atom. The molecule has 4 nitrogen and oxygen atoms in total. The zero-order valence-corrected chi connectivity index (χ0v) is 10.7. The molecule has 1 aliphatic rings. The second-order valence-corrected chi connectivity index (χ2v) is 6.52. The van der Waals surface area contributed by atoms with Gasteiger partial charge in [0, 0.05) is 13.2 Å². The van der Waals surface area contributed by atoms with Gasteiger partial charge in [-0.05, 0) is 48.9 Å². The van der Waals surface area contributed by atoms with Gasteiger partial charge in [-0.1, -0.05) is 0 Å². The van der Waals surface area contributed by atoms with Crippen LogP contribution in [0.25, 0.3) is 0 Å². The molecule has 0 heterocycles. The summed E-state index contributed by atoms with van der Waals surface area (Å²) in [6.45, 7) is 0.394. The normalized spacial score (nSPS) is 17.7. The predicted molar refractivity (Wildman–Crippen MR) is 65.0 cm³/mol. The van der Waals surface area contributed by atoms with E-state index in [1.807, 2.05) is 0 Å². The molecule has 1 aliphatic carbocycles. The zero-order chi connectivity index (χ0) is 13.2. The number of benzene rings is 1. The Morgan fingerprint density at radius 3 is 2.39 bits per heavy atom. The molecular formula is C12H16FNO3S. The zero-order valence-electron chi connectivity index (χ0n) is 9.89. The highest BCUT2D eigenvalue weighted by Crippen LogP contribution is 2.48. The molecule has 1 aromatic rings. The van der Waals surface area contributed by atoms with E-state index in [2.05, 4.69) is 4.72 Å². The largest absolute Gasteiger partial charge is 0.396 e. The summed E-state index contributed by atoms with van der Waals surface area (Å²) in [5.41, 5.74) is -0.0815. The van der Waals surface area contributed by atoms with Crippen LogP contribution in [-0.4, -0.2) is 26.7 Å². The van der Waals surface area contributed by atoms with Gasteiger partial charge < -0.3 is 5.11 Å². The predicted octanol–water partition coefficient (Wildman–Crippen LogP) is 1.27. The van der Waals surface area contributed by atoms with E-state index in [4.69, 9.17) is 5.11 Å². The van der Waals surface area contributed by atoms with Crippen molar-refractivity contribution >= 4 is 10.0 Å². The first-order valence-electron chi connectivity index (χ1n) is 5.84. The molecule has 0 aliphatic heterocycles. The molecule has 0 bridgehead atoms. The van der Waals surface area contributed by atoms with Crippen LogP contribution in [0.5, 0.6) is 0 Å². The summed E-state index contributed by atoms with van der Waals surface area (Å²) in [6.07, 6.45) is 2.47. The van der Waals surface area contributed by atoms with E-state index >= 15 is 0 Å². The van der Waals surface area contributed by atoms with Gasteiger partial charge in [0.15, 0.2) is 0 Å². The van der Waals surface area contributed by atoms with E-state index in [-0.39, 0.29) is 16.9 Å². The highest BCUT2D eigenvalue weighted by molar-refractivity contribution is 7.89. The van der Waals surface area contributed by atoms with E-state index in [0.29, 0.717) is 13.0 Å². The highest BCUT2D eigenvalue weighted by atomic mass is 32.2. The number of aliphatic hydroxyl groups is 1. The second kappa shape index (κ2) is 4.95. The van der Waals surface area contributed by atoms with Crippen LogP contribution in [0.3, 0.4) is 0 Å². The molecule has 18 heavy (non-hydrogen) atoms. The first-order chi connectivity index (χ1) is 8.47. The lowest BCUT2D eigenvalue weighted by Crippen LogP contribution is -2.30. The number of hydrogen-bond donors (Lipinski definition) is 2. The van der Waals surface area contributed by atoms with Gasteiger partial charge in [0.2, 0.25) is 10.0 Å². The van der Waals surface area contributed by atoms with Crippen molar-refractivity contribution < 1.29 is 17.9 Å². The van der Waals surface area contributed by atoms with Crippen molar-refractivity contribution in [3.63, 3.8) is 0 Å². The van der Waals surface area contributed by atoms with Gasteiger partial charge in [0.25, 0.3) is 0 Å². The van der Waals surface area contributed by atoms with Gasteiger partial charge in [-0.2, -0.15) is 0 Å². The number of sulfonamides is 1. The summed E-state index contributed by atoms with van der Waals surface area (Å²) in [4.78, 5) is 0.0590. The molecule has 0 radical (unpaired) electrons. The van der Waals surface area contributed by atoms with E-state index in [9.17, 15) is 12.8 Å². The maximum absolute atomic E-state index is 12.7. The molecule has 0 atom stereocenters. The molecule has 2 rings (SSSR count). The Hall–Kier alpha value is -0.980. The standard InChI is InChI=1S/C12H16FNO3S/c13-10-1-3-11(4-2-10)18(16,17)14-9-12(5-6-12)7-8-15/h1-4,14-15H,5-9H2. The molecular weight excluding hydrogens is 257 g/mol. The monoisotopic (exact) mass is 273 g/mol. The Morgan fingerprint density at radius 1 is 1.28 bits per heavy atom. The van der Waals surface area contributed by atoms with Crippen molar-refractivity contribution in [1.29, 1.82) is 0 Å². The number of halogens is 1. The Kier molecular flexibility index (Phi) is 3.70. The lowest BCUT2D eigenvalue weighted by Gasteiger charge is -2.14. The van der Waals surface area contributed by atoms with Crippen molar-refractivity contribution in [2.75, 3.05) is 13.2 Å². The lowest BCUT2D eigenvalue weighted by atomic mass is 10.0. The molecule has 100 valence electrons. The summed E-state index contributed by atoms with van der Waals surface area (Å²) in [7, 11) is -3.59. The third-order valence-electron chi connectivity index (χ3n) is 3.36. The molecule has 1 aromatic carbocycles. The fourth-order valence-corrected chi connectivity index (χ4v) is 3.03. The topological polar surface area (TPSA) is 66.4 Å². The van der Waals surface area contributed by atoms with Crippen LogP contribution >= 0.6 is 0 Å². The van der Waals surface area contributed by atoms with Crippen molar-refractivity contribution in [3.05, 3.63) is 30.1 Å². The van der Waals surface area contributed by atoms with Gasteiger partial charge in [0.1, 0.15) is 5.82 Å². The smallest absolute Gasteiger partial charge is 0.240 e. The third-order valence-corrected chi connectivity index (χ3v) is 4.78. The van der Waals surface area contributed by atoms with Crippen LogP contribution in [0, 0.1) is 11.2 Å². The van der Waals surface area contributed by atoms with E-state index < -0.39 is 15.8 Å². The number of rotatable bonds is 6. The fourth-order valence-electron chi connectivity index (χ4n) is 1.87. The van der Waals surface area contributed by atoms with Gasteiger partial charge in [0.05, 0.1) is 4.90 Å². The second-order valence-electron chi connectivity index (χ2n) is 4.75. The summed E-state index contributed by atoms with van der Waals surface area (Å²) < 4.78 is 39.1. The van der Waals surface area contributed by atoms with Crippen LogP contribution in [0.15, 0.2) is 29.2 Å². The van der Waals surface area contributed by atoms with Crippen LogP contribution in [-0.2, 0) is 10.0 Å². The van der Waals surface area contributed by atoms with Crippen molar-refractivity contribution in [1.82, 2.24) is 4.72 Å². The van der Waals surface area contributed by atoms with Gasteiger partial charge in [-0.3, -0.25) is 0 Å². The summed E-state index contributed by atoms with van der Waals surface area (Å²) in [5, 5.41) is 8.90. The fraction of sp³-hybridized carbons (Fsp3) is 0.500. The minimum absolute atomic E-state index is 0.0590. The molecule has 0 unspecified atom stereocenters. The van der Waals surface area contributed by atoms with Crippen molar-refractivity contribution in [2.24, 2.45) is 5.41 Å². The molecule has 0 amide bonds. The van der Waals surface area contributed by atoms with E-state index in [0.717, 1.165) is 25.0 Å². The molecule has 6 heteroatoms. The summed E-state index contributed by atoms with van der Waals surface area (Å²) >= 11 is 0. The lowest BCUT2D eigenvalue weighted by molar-refractivity contribution is 0.249. The average Bonchev–Trinajstić information content (AvgIpc) is 3.08. The van der Waals surface area contributed by atoms with Gasteiger partial charge in [-0.25, -0.2) is 17.5 Å². The quantitative estimate of drug-likeness (QED) is 0.820. The van der Waals surface area contributed by atoms with Crippen LogP contribution < -0.4 is 4.72 Å². The third kappa shape index (κ3) is 3.07. The maximum Gasteiger partial charge on any atom is 0.240 e. The van der Waals surface area contributed by atoms with Crippen molar-refractivity contribution in [2.45, 2.75) is 24.2 Å². The Balaban J connectivity index is 2.02. The van der Waals surface area contributed by atoms with E-state index in [1.54, 1.807) is 0 Å².